The number of imidazole rings is 1. The smallest absolute Gasteiger partial charge is 0.258 e. The highest BCUT2D eigenvalue weighted by molar-refractivity contribution is 6.07. The number of methoxy groups -OCH3 is 1. The Morgan fingerprint density at radius 3 is 2.53 bits per heavy atom. The second-order valence-corrected chi connectivity index (χ2v) is 6.84. The standard InChI is InChI=1S/C24H22N4O2/c1-30-22-10-8-21(9-11-22)28(16-19-5-4-12-25-15-19)24(29)23-7-3-2-6-20(23)17-27-14-13-26-18-27/h2-15,18H,16-17H2,1H3. The van der Waals surface area contributed by atoms with Crippen molar-refractivity contribution in [2.24, 2.45) is 0 Å². The van der Waals surface area contributed by atoms with E-state index in [9.17, 15) is 4.79 Å². The largest absolute Gasteiger partial charge is 0.497 e. The number of carbonyl (C=O) groups is 1. The third kappa shape index (κ3) is 4.38. The SMILES string of the molecule is COc1ccc(N(Cc2cccnc2)C(=O)c2ccccc2Cn2ccnc2)cc1. The first-order valence-electron chi connectivity index (χ1n) is 9.63. The highest BCUT2D eigenvalue weighted by Crippen LogP contribution is 2.24. The van der Waals surface area contributed by atoms with Gasteiger partial charge in [0.05, 0.1) is 20.0 Å². The van der Waals surface area contributed by atoms with Crippen LogP contribution in [0.2, 0.25) is 0 Å². The highest BCUT2D eigenvalue weighted by atomic mass is 16.5. The van der Waals surface area contributed by atoms with E-state index in [1.165, 1.54) is 0 Å². The number of pyridine rings is 1. The molecule has 0 aliphatic rings. The van der Waals surface area contributed by atoms with E-state index in [0.717, 1.165) is 22.6 Å². The van der Waals surface area contributed by atoms with Crippen molar-refractivity contribution >= 4 is 11.6 Å². The minimum absolute atomic E-state index is 0.0697. The molecule has 2 heterocycles. The number of ether oxygens (including phenoxy) is 1. The lowest BCUT2D eigenvalue weighted by molar-refractivity contribution is 0.0984. The van der Waals surface area contributed by atoms with Crippen molar-refractivity contribution in [3.63, 3.8) is 0 Å². The lowest BCUT2D eigenvalue weighted by Crippen LogP contribution is -2.31. The maximum absolute atomic E-state index is 13.7. The zero-order chi connectivity index (χ0) is 20.8. The van der Waals surface area contributed by atoms with E-state index in [0.29, 0.717) is 18.7 Å². The molecule has 0 N–H and O–H groups in total. The predicted octanol–water partition coefficient (Wildman–Crippen LogP) is 4.18. The molecule has 6 heteroatoms. The van der Waals surface area contributed by atoms with E-state index in [1.807, 2.05) is 71.4 Å². The van der Waals surface area contributed by atoms with Gasteiger partial charge in [0, 0.05) is 42.6 Å². The Labute approximate surface area is 175 Å². The van der Waals surface area contributed by atoms with Gasteiger partial charge in [0.2, 0.25) is 0 Å². The molecule has 0 atom stereocenters. The number of rotatable bonds is 7. The molecule has 2 aromatic carbocycles. The number of nitrogens with zero attached hydrogens (tertiary/aromatic N) is 4. The van der Waals surface area contributed by atoms with Crippen molar-refractivity contribution in [1.29, 1.82) is 0 Å². The van der Waals surface area contributed by atoms with Crippen molar-refractivity contribution < 1.29 is 9.53 Å². The molecular formula is C24H22N4O2. The van der Waals surface area contributed by atoms with Gasteiger partial charge in [-0.3, -0.25) is 9.78 Å². The molecule has 6 nitrogen and oxygen atoms in total. The van der Waals surface area contributed by atoms with E-state index in [-0.39, 0.29) is 5.91 Å². The quantitative estimate of drug-likeness (QED) is 0.469. The summed E-state index contributed by atoms with van der Waals surface area (Å²) in [7, 11) is 1.62. The Kier molecular flexibility index (Phi) is 5.85. The maximum atomic E-state index is 13.7. The summed E-state index contributed by atoms with van der Waals surface area (Å²) >= 11 is 0. The summed E-state index contributed by atoms with van der Waals surface area (Å²) in [6.45, 7) is 0.990. The summed E-state index contributed by atoms with van der Waals surface area (Å²) in [5.74, 6) is 0.674. The molecule has 30 heavy (non-hydrogen) atoms. The molecule has 4 rings (SSSR count). The van der Waals surface area contributed by atoms with Gasteiger partial charge in [0.1, 0.15) is 5.75 Å². The van der Waals surface area contributed by atoms with E-state index in [1.54, 1.807) is 36.9 Å². The van der Waals surface area contributed by atoms with Crippen LogP contribution in [0, 0.1) is 0 Å². The molecule has 1 amide bonds. The number of aromatic nitrogens is 3. The van der Waals surface area contributed by atoms with Crippen LogP contribution in [0.25, 0.3) is 0 Å². The van der Waals surface area contributed by atoms with Crippen LogP contribution in [-0.2, 0) is 13.1 Å². The van der Waals surface area contributed by atoms with Crippen molar-refractivity contribution in [2.75, 3.05) is 12.0 Å². The second kappa shape index (κ2) is 9.05. The summed E-state index contributed by atoms with van der Waals surface area (Å²) < 4.78 is 7.22. The zero-order valence-corrected chi connectivity index (χ0v) is 16.7. The lowest BCUT2D eigenvalue weighted by Gasteiger charge is -2.24. The molecule has 0 fully saturated rings. The molecule has 0 aliphatic carbocycles. The molecule has 150 valence electrons. The van der Waals surface area contributed by atoms with Gasteiger partial charge in [-0.25, -0.2) is 4.98 Å². The van der Waals surface area contributed by atoms with Crippen molar-refractivity contribution in [3.05, 3.63) is 108 Å². The number of benzene rings is 2. The summed E-state index contributed by atoms with van der Waals surface area (Å²) in [6, 6.07) is 19.0. The predicted molar refractivity (Wildman–Crippen MR) is 116 cm³/mol. The van der Waals surface area contributed by atoms with Crippen LogP contribution in [-0.4, -0.2) is 27.6 Å². The van der Waals surface area contributed by atoms with Gasteiger partial charge in [-0.15, -0.1) is 0 Å². The molecule has 2 aromatic heterocycles. The number of hydrogen-bond acceptors (Lipinski definition) is 4. The van der Waals surface area contributed by atoms with Crippen LogP contribution in [0.5, 0.6) is 5.75 Å². The van der Waals surface area contributed by atoms with Crippen molar-refractivity contribution in [1.82, 2.24) is 14.5 Å². The van der Waals surface area contributed by atoms with Gasteiger partial charge in [-0.05, 0) is 47.5 Å². The number of anilines is 1. The zero-order valence-electron chi connectivity index (χ0n) is 16.7. The van der Waals surface area contributed by atoms with Crippen LogP contribution < -0.4 is 9.64 Å². The van der Waals surface area contributed by atoms with Gasteiger partial charge < -0.3 is 14.2 Å². The molecule has 0 unspecified atom stereocenters. The summed E-state index contributed by atoms with van der Waals surface area (Å²) in [5.41, 5.74) is 3.34. The normalized spacial score (nSPS) is 10.6. The lowest BCUT2D eigenvalue weighted by atomic mass is 10.0. The molecule has 0 radical (unpaired) electrons. The fourth-order valence-corrected chi connectivity index (χ4v) is 3.31. The molecule has 0 spiro atoms. The van der Waals surface area contributed by atoms with Crippen LogP contribution in [0.1, 0.15) is 21.5 Å². The van der Waals surface area contributed by atoms with E-state index in [2.05, 4.69) is 9.97 Å². The van der Waals surface area contributed by atoms with Gasteiger partial charge in [0.15, 0.2) is 0 Å². The second-order valence-electron chi connectivity index (χ2n) is 6.84. The minimum atomic E-state index is -0.0697. The van der Waals surface area contributed by atoms with E-state index >= 15 is 0 Å². The van der Waals surface area contributed by atoms with Gasteiger partial charge >= 0.3 is 0 Å². The first-order chi connectivity index (χ1) is 14.7. The number of amides is 1. The monoisotopic (exact) mass is 398 g/mol. The maximum Gasteiger partial charge on any atom is 0.258 e. The molecule has 4 aromatic rings. The van der Waals surface area contributed by atoms with E-state index < -0.39 is 0 Å². The average molecular weight is 398 g/mol. The molecule has 0 saturated heterocycles. The number of hydrogen-bond donors (Lipinski definition) is 0. The Morgan fingerprint density at radius 1 is 1.00 bits per heavy atom. The van der Waals surface area contributed by atoms with Gasteiger partial charge in [-0.2, -0.15) is 0 Å². The third-order valence-corrected chi connectivity index (χ3v) is 4.85. The first kappa shape index (κ1) is 19.4. The van der Waals surface area contributed by atoms with Gasteiger partial charge in [0.25, 0.3) is 5.91 Å². The van der Waals surface area contributed by atoms with Crippen molar-refractivity contribution in [2.45, 2.75) is 13.1 Å². The number of carbonyl (C=O) groups excluding carboxylic acids is 1. The summed E-state index contributed by atoms with van der Waals surface area (Å²) in [4.78, 5) is 23.8. The first-order valence-corrected chi connectivity index (χ1v) is 9.63. The third-order valence-electron chi connectivity index (χ3n) is 4.85. The Balaban J connectivity index is 1.70. The average Bonchev–Trinajstić information content (AvgIpc) is 3.31. The van der Waals surface area contributed by atoms with Gasteiger partial charge in [-0.1, -0.05) is 24.3 Å². The molecule has 0 aliphatic heterocycles. The molecular weight excluding hydrogens is 376 g/mol. The molecule has 0 bridgehead atoms. The Hall–Kier alpha value is -3.93. The highest BCUT2D eigenvalue weighted by Gasteiger charge is 2.21. The van der Waals surface area contributed by atoms with E-state index in [4.69, 9.17) is 4.74 Å². The van der Waals surface area contributed by atoms with Crippen LogP contribution in [0.15, 0.2) is 91.8 Å². The molecule has 0 saturated carbocycles. The fraction of sp³-hybridized carbons (Fsp3) is 0.125. The summed E-state index contributed by atoms with van der Waals surface area (Å²) in [5, 5.41) is 0. The Bertz CT molecular complexity index is 1090. The van der Waals surface area contributed by atoms with Crippen LogP contribution in [0.3, 0.4) is 0 Å². The summed E-state index contributed by atoms with van der Waals surface area (Å²) in [6.07, 6.45) is 8.87. The minimum Gasteiger partial charge on any atom is -0.497 e. The fourth-order valence-electron chi connectivity index (χ4n) is 3.31. The van der Waals surface area contributed by atoms with Crippen molar-refractivity contribution in [3.8, 4) is 5.75 Å². The van der Waals surface area contributed by atoms with Crippen LogP contribution >= 0.6 is 0 Å². The topological polar surface area (TPSA) is 60.2 Å². The van der Waals surface area contributed by atoms with Crippen LogP contribution in [0.4, 0.5) is 5.69 Å². The Morgan fingerprint density at radius 2 is 1.83 bits per heavy atom.